The minimum atomic E-state index is 0.572. The first-order valence-corrected chi connectivity index (χ1v) is 7.50. The minimum absolute atomic E-state index is 0.572. The fourth-order valence-corrected chi connectivity index (χ4v) is 2.02. The van der Waals surface area contributed by atoms with Crippen molar-refractivity contribution in [3.63, 3.8) is 0 Å². The van der Waals surface area contributed by atoms with Gasteiger partial charge in [0.1, 0.15) is 5.75 Å². The molecule has 0 atom stereocenters. The van der Waals surface area contributed by atoms with Crippen LogP contribution in [0.2, 0.25) is 0 Å². The SMILES string of the molecule is Cc1cc(C#CCCCl)ccc1OCCc1ccncc1. The van der Waals surface area contributed by atoms with Gasteiger partial charge in [-0.2, -0.15) is 0 Å². The standard InChI is InChI=1S/C18H18ClNO/c1-15-14-17(4-2-3-10-19)5-6-18(15)21-13-9-16-7-11-20-12-8-16/h5-8,11-12,14H,3,9-10,13H2,1H3. The molecule has 0 amide bonds. The Morgan fingerprint density at radius 3 is 2.71 bits per heavy atom. The molecule has 2 rings (SSSR count). The van der Waals surface area contributed by atoms with E-state index in [1.54, 1.807) is 12.4 Å². The van der Waals surface area contributed by atoms with Crippen molar-refractivity contribution in [2.45, 2.75) is 19.8 Å². The Hall–Kier alpha value is -1.98. The maximum absolute atomic E-state index is 5.83. The number of nitrogens with zero attached hydrogens (tertiary/aromatic N) is 1. The fourth-order valence-electron chi connectivity index (χ4n) is 1.93. The second-order valence-corrected chi connectivity index (χ2v) is 5.05. The highest BCUT2D eigenvalue weighted by molar-refractivity contribution is 6.18. The van der Waals surface area contributed by atoms with E-state index in [0.29, 0.717) is 18.9 Å². The van der Waals surface area contributed by atoms with Crippen molar-refractivity contribution in [1.82, 2.24) is 4.98 Å². The number of halogens is 1. The largest absolute Gasteiger partial charge is 0.493 e. The highest BCUT2D eigenvalue weighted by Crippen LogP contribution is 2.19. The van der Waals surface area contributed by atoms with Crippen LogP contribution in [0.1, 0.15) is 23.1 Å². The van der Waals surface area contributed by atoms with Gasteiger partial charge in [0.05, 0.1) is 6.61 Å². The maximum Gasteiger partial charge on any atom is 0.122 e. The second-order valence-electron chi connectivity index (χ2n) is 4.67. The number of alkyl halides is 1. The molecule has 0 saturated heterocycles. The fraction of sp³-hybridized carbons (Fsp3) is 0.278. The molecule has 2 aromatic rings. The zero-order valence-electron chi connectivity index (χ0n) is 12.1. The van der Waals surface area contributed by atoms with Crippen LogP contribution in [0.4, 0.5) is 0 Å². The summed E-state index contributed by atoms with van der Waals surface area (Å²) >= 11 is 5.61. The molecule has 108 valence electrons. The number of pyridine rings is 1. The molecule has 1 aromatic carbocycles. The van der Waals surface area contributed by atoms with Gasteiger partial charge in [0.25, 0.3) is 0 Å². The van der Waals surface area contributed by atoms with Gasteiger partial charge in [-0.1, -0.05) is 11.8 Å². The van der Waals surface area contributed by atoms with E-state index in [2.05, 4.69) is 16.8 Å². The van der Waals surface area contributed by atoms with Crippen LogP contribution in [0, 0.1) is 18.8 Å². The van der Waals surface area contributed by atoms with Crippen molar-refractivity contribution in [2.75, 3.05) is 12.5 Å². The van der Waals surface area contributed by atoms with E-state index in [9.17, 15) is 0 Å². The molecule has 0 radical (unpaired) electrons. The normalized spacial score (nSPS) is 9.81. The van der Waals surface area contributed by atoms with Crippen molar-refractivity contribution in [3.05, 3.63) is 59.4 Å². The zero-order valence-corrected chi connectivity index (χ0v) is 12.9. The summed E-state index contributed by atoms with van der Waals surface area (Å²) in [6.45, 7) is 2.69. The lowest BCUT2D eigenvalue weighted by atomic mass is 10.1. The highest BCUT2D eigenvalue weighted by atomic mass is 35.5. The van der Waals surface area contributed by atoms with Gasteiger partial charge in [-0.05, 0) is 48.4 Å². The van der Waals surface area contributed by atoms with Crippen LogP contribution in [-0.4, -0.2) is 17.5 Å². The molecule has 2 nitrogen and oxygen atoms in total. The molecule has 0 N–H and O–H groups in total. The number of hydrogen-bond donors (Lipinski definition) is 0. The number of aromatic nitrogens is 1. The van der Waals surface area contributed by atoms with Gasteiger partial charge in [-0.3, -0.25) is 4.98 Å². The molecule has 1 aromatic heterocycles. The Bertz CT molecular complexity index is 629. The Balaban J connectivity index is 1.91. The average Bonchev–Trinajstić information content (AvgIpc) is 2.51. The first-order chi connectivity index (χ1) is 10.3. The summed E-state index contributed by atoms with van der Waals surface area (Å²) in [6, 6.07) is 10.0. The molecule has 0 saturated carbocycles. The van der Waals surface area contributed by atoms with Gasteiger partial charge >= 0.3 is 0 Å². The molecule has 0 aliphatic carbocycles. The van der Waals surface area contributed by atoms with Crippen LogP contribution in [0.5, 0.6) is 5.75 Å². The van der Waals surface area contributed by atoms with Crippen LogP contribution < -0.4 is 4.74 Å². The average molecular weight is 300 g/mol. The summed E-state index contributed by atoms with van der Waals surface area (Å²) in [7, 11) is 0. The molecular formula is C18H18ClNO. The van der Waals surface area contributed by atoms with E-state index in [1.165, 1.54) is 5.56 Å². The zero-order chi connectivity index (χ0) is 14.9. The van der Waals surface area contributed by atoms with Crippen molar-refractivity contribution in [1.29, 1.82) is 0 Å². The predicted octanol–water partition coefficient (Wildman–Crippen LogP) is 3.99. The van der Waals surface area contributed by atoms with Crippen LogP contribution in [-0.2, 0) is 6.42 Å². The van der Waals surface area contributed by atoms with Crippen LogP contribution in [0.15, 0.2) is 42.7 Å². The van der Waals surface area contributed by atoms with E-state index in [1.807, 2.05) is 37.3 Å². The molecule has 0 spiro atoms. The molecule has 0 unspecified atom stereocenters. The molecule has 0 bridgehead atoms. The molecule has 21 heavy (non-hydrogen) atoms. The quantitative estimate of drug-likeness (QED) is 0.615. The molecule has 0 aliphatic rings. The van der Waals surface area contributed by atoms with E-state index in [4.69, 9.17) is 16.3 Å². The topological polar surface area (TPSA) is 22.1 Å². The van der Waals surface area contributed by atoms with Gasteiger partial charge < -0.3 is 4.74 Å². The predicted molar refractivity (Wildman–Crippen MR) is 86.8 cm³/mol. The van der Waals surface area contributed by atoms with Gasteiger partial charge in [0.2, 0.25) is 0 Å². The molecule has 1 heterocycles. The van der Waals surface area contributed by atoms with Gasteiger partial charge in [0, 0.05) is 36.7 Å². The van der Waals surface area contributed by atoms with Crippen LogP contribution in [0.3, 0.4) is 0 Å². The Kier molecular flexibility index (Phi) is 6.12. The summed E-state index contributed by atoms with van der Waals surface area (Å²) in [4.78, 5) is 4.00. The van der Waals surface area contributed by atoms with E-state index in [0.717, 1.165) is 23.3 Å². The Morgan fingerprint density at radius 2 is 2.00 bits per heavy atom. The van der Waals surface area contributed by atoms with Gasteiger partial charge in [-0.25, -0.2) is 0 Å². The van der Waals surface area contributed by atoms with Crippen LogP contribution >= 0.6 is 11.6 Å². The summed E-state index contributed by atoms with van der Waals surface area (Å²) < 4.78 is 5.83. The summed E-state index contributed by atoms with van der Waals surface area (Å²) in [6.07, 6.45) is 5.19. The van der Waals surface area contributed by atoms with Crippen molar-refractivity contribution >= 4 is 11.6 Å². The smallest absolute Gasteiger partial charge is 0.122 e. The van der Waals surface area contributed by atoms with E-state index in [-0.39, 0.29) is 0 Å². The number of rotatable bonds is 5. The highest BCUT2D eigenvalue weighted by Gasteiger charge is 2.00. The number of benzene rings is 1. The third-order valence-corrected chi connectivity index (χ3v) is 3.21. The monoisotopic (exact) mass is 299 g/mol. The first-order valence-electron chi connectivity index (χ1n) is 6.97. The summed E-state index contributed by atoms with van der Waals surface area (Å²) in [5.74, 6) is 7.61. The Morgan fingerprint density at radius 1 is 1.19 bits per heavy atom. The number of hydrogen-bond acceptors (Lipinski definition) is 2. The van der Waals surface area contributed by atoms with E-state index < -0.39 is 0 Å². The Labute approximate surface area is 131 Å². The molecular weight excluding hydrogens is 282 g/mol. The van der Waals surface area contributed by atoms with E-state index >= 15 is 0 Å². The molecule has 0 fully saturated rings. The molecule has 0 aliphatic heterocycles. The van der Waals surface area contributed by atoms with Crippen molar-refractivity contribution in [3.8, 4) is 17.6 Å². The van der Waals surface area contributed by atoms with Crippen molar-refractivity contribution < 1.29 is 4.74 Å². The lowest BCUT2D eigenvalue weighted by molar-refractivity contribution is 0.320. The number of aryl methyl sites for hydroxylation is 1. The first kappa shape index (κ1) is 15.4. The minimum Gasteiger partial charge on any atom is -0.493 e. The van der Waals surface area contributed by atoms with Gasteiger partial charge in [0.15, 0.2) is 0 Å². The van der Waals surface area contributed by atoms with Crippen LogP contribution in [0.25, 0.3) is 0 Å². The summed E-state index contributed by atoms with van der Waals surface area (Å²) in [5.41, 5.74) is 3.33. The lowest BCUT2D eigenvalue weighted by Crippen LogP contribution is -2.02. The maximum atomic E-state index is 5.83. The number of ether oxygens (including phenoxy) is 1. The summed E-state index contributed by atoms with van der Waals surface area (Å²) in [5, 5.41) is 0. The van der Waals surface area contributed by atoms with Gasteiger partial charge in [-0.15, -0.1) is 11.6 Å². The third kappa shape index (κ3) is 5.13. The lowest BCUT2D eigenvalue weighted by Gasteiger charge is -2.09. The second kappa shape index (κ2) is 8.34. The third-order valence-electron chi connectivity index (χ3n) is 3.02. The van der Waals surface area contributed by atoms with Crippen molar-refractivity contribution in [2.24, 2.45) is 0 Å². The molecule has 3 heteroatoms.